The molecule has 0 aliphatic carbocycles. The molecule has 7 nitrogen and oxygen atoms in total. The Bertz CT molecular complexity index is 1330. The van der Waals surface area contributed by atoms with E-state index in [9.17, 15) is 8.42 Å². The van der Waals surface area contributed by atoms with Gasteiger partial charge in [0.2, 0.25) is 0 Å². The van der Waals surface area contributed by atoms with Gasteiger partial charge in [-0.15, -0.1) is 0 Å². The molecule has 0 saturated carbocycles. The number of rotatable bonds is 6. The quantitative estimate of drug-likeness (QED) is 0.504. The molecule has 0 amide bonds. The summed E-state index contributed by atoms with van der Waals surface area (Å²) in [5, 5.41) is 0. The first kappa shape index (κ1) is 19.8. The molecule has 0 saturated heterocycles. The van der Waals surface area contributed by atoms with Crippen molar-refractivity contribution < 1.29 is 17.9 Å². The average molecular weight is 423 g/mol. The van der Waals surface area contributed by atoms with Crippen LogP contribution in [0.25, 0.3) is 16.9 Å². The van der Waals surface area contributed by atoms with Crippen molar-refractivity contribution in [1.29, 1.82) is 0 Å². The van der Waals surface area contributed by atoms with Crippen LogP contribution in [0.1, 0.15) is 5.56 Å². The summed E-state index contributed by atoms with van der Waals surface area (Å²) in [5.41, 5.74) is 3.96. The third-order valence-electron chi connectivity index (χ3n) is 4.69. The first-order valence-electron chi connectivity index (χ1n) is 9.20. The molecule has 0 bridgehead atoms. The zero-order valence-corrected chi connectivity index (χ0v) is 17.6. The molecule has 2 aromatic heterocycles. The number of imidazole rings is 1. The van der Waals surface area contributed by atoms with E-state index in [1.165, 1.54) is 26.4 Å². The number of benzene rings is 2. The minimum atomic E-state index is -3.81. The molecule has 0 atom stereocenters. The maximum absolute atomic E-state index is 12.9. The van der Waals surface area contributed by atoms with E-state index in [2.05, 4.69) is 9.71 Å². The highest BCUT2D eigenvalue weighted by molar-refractivity contribution is 7.92. The predicted molar refractivity (Wildman–Crippen MR) is 116 cm³/mol. The average Bonchev–Trinajstić information content (AvgIpc) is 3.16. The molecule has 0 radical (unpaired) electrons. The number of nitrogens with zero attached hydrogens (tertiary/aromatic N) is 2. The van der Waals surface area contributed by atoms with Crippen molar-refractivity contribution in [2.75, 3.05) is 18.9 Å². The van der Waals surface area contributed by atoms with E-state index in [0.29, 0.717) is 17.2 Å². The number of nitrogens with one attached hydrogen (secondary N) is 1. The van der Waals surface area contributed by atoms with E-state index in [-0.39, 0.29) is 4.90 Å². The lowest BCUT2D eigenvalue weighted by Crippen LogP contribution is -2.13. The topological polar surface area (TPSA) is 81.9 Å². The van der Waals surface area contributed by atoms with Crippen LogP contribution in [0.2, 0.25) is 0 Å². The second kappa shape index (κ2) is 7.72. The second-order valence-electron chi connectivity index (χ2n) is 6.80. The largest absolute Gasteiger partial charge is 0.493 e. The van der Waals surface area contributed by atoms with Gasteiger partial charge in [-0.2, -0.15) is 0 Å². The molecule has 0 fully saturated rings. The monoisotopic (exact) mass is 423 g/mol. The summed E-state index contributed by atoms with van der Waals surface area (Å²) in [4.78, 5) is 4.71. The van der Waals surface area contributed by atoms with Gasteiger partial charge in [-0.1, -0.05) is 12.1 Å². The van der Waals surface area contributed by atoms with Crippen LogP contribution >= 0.6 is 0 Å². The smallest absolute Gasteiger partial charge is 0.262 e. The standard InChI is InChI=1S/C22H21N3O4S/c1-15-9-10-25-14-19(23-22(25)11-15)16-5-4-6-17(12-16)24-30(26,27)18-7-8-20(28-2)21(13-18)29-3/h4-14,24H,1-3H3. The fraction of sp³-hybridized carbons (Fsp3) is 0.136. The first-order chi connectivity index (χ1) is 14.4. The Kier molecular flexibility index (Phi) is 5.09. The molecule has 2 aromatic carbocycles. The van der Waals surface area contributed by atoms with E-state index < -0.39 is 10.0 Å². The molecule has 2 heterocycles. The van der Waals surface area contributed by atoms with Crippen molar-refractivity contribution >= 4 is 21.4 Å². The minimum Gasteiger partial charge on any atom is -0.493 e. The van der Waals surface area contributed by atoms with Crippen LogP contribution in [0.4, 0.5) is 5.69 Å². The van der Waals surface area contributed by atoms with Gasteiger partial charge in [0, 0.05) is 29.7 Å². The Morgan fingerprint density at radius 2 is 1.77 bits per heavy atom. The predicted octanol–water partition coefficient (Wildman–Crippen LogP) is 4.13. The number of hydrogen-bond acceptors (Lipinski definition) is 5. The Morgan fingerprint density at radius 3 is 2.53 bits per heavy atom. The Labute approximate surface area is 175 Å². The van der Waals surface area contributed by atoms with Crippen molar-refractivity contribution in [1.82, 2.24) is 9.38 Å². The zero-order valence-electron chi connectivity index (χ0n) is 16.8. The summed E-state index contributed by atoms with van der Waals surface area (Å²) < 4.78 is 40.7. The number of sulfonamides is 1. The number of methoxy groups -OCH3 is 2. The normalized spacial score (nSPS) is 11.4. The van der Waals surface area contributed by atoms with Gasteiger partial charge in [0.25, 0.3) is 10.0 Å². The number of anilines is 1. The first-order valence-corrected chi connectivity index (χ1v) is 10.7. The SMILES string of the molecule is COc1ccc(S(=O)(=O)Nc2cccc(-c3cn4ccc(C)cc4n3)c2)cc1OC. The minimum absolute atomic E-state index is 0.0776. The third kappa shape index (κ3) is 3.81. The highest BCUT2D eigenvalue weighted by Gasteiger charge is 2.18. The summed E-state index contributed by atoms with van der Waals surface area (Å²) in [5.74, 6) is 0.801. The molecule has 4 aromatic rings. The van der Waals surface area contributed by atoms with E-state index in [1.807, 2.05) is 41.9 Å². The molecule has 154 valence electrons. The molecular formula is C22H21N3O4S. The number of ether oxygens (including phenoxy) is 2. The maximum Gasteiger partial charge on any atom is 0.262 e. The van der Waals surface area contributed by atoms with Gasteiger partial charge in [-0.3, -0.25) is 4.72 Å². The maximum atomic E-state index is 12.9. The van der Waals surface area contributed by atoms with E-state index in [4.69, 9.17) is 9.47 Å². The van der Waals surface area contributed by atoms with Gasteiger partial charge in [-0.25, -0.2) is 13.4 Å². The van der Waals surface area contributed by atoms with Crippen LogP contribution in [-0.4, -0.2) is 32.0 Å². The third-order valence-corrected chi connectivity index (χ3v) is 6.07. The van der Waals surface area contributed by atoms with Crippen LogP contribution in [0, 0.1) is 6.92 Å². The fourth-order valence-corrected chi connectivity index (χ4v) is 4.23. The molecule has 0 aliphatic rings. The highest BCUT2D eigenvalue weighted by atomic mass is 32.2. The lowest BCUT2D eigenvalue weighted by atomic mass is 10.1. The Morgan fingerprint density at radius 1 is 0.967 bits per heavy atom. The lowest BCUT2D eigenvalue weighted by Gasteiger charge is -2.12. The second-order valence-corrected chi connectivity index (χ2v) is 8.48. The summed E-state index contributed by atoms with van der Waals surface area (Å²) in [6, 6.07) is 15.6. The molecule has 1 N–H and O–H groups in total. The number of hydrogen-bond donors (Lipinski definition) is 1. The zero-order chi connectivity index (χ0) is 21.3. The van der Waals surface area contributed by atoms with Gasteiger partial charge >= 0.3 is 0 Å². The number of pyridine rings is 1. The van der Waals surface area contributed by atoms with Gasteiger partial charge in [0.1, 0.15) is 5.65 Å². The molecular weight excluding hydrogens is 402 g/mol. The van der Waals surface area contributed by atoms with Gasteiger partial charge in [-0.05, 0) is 48.9 Å². The summed E-state index contributed by atoms with van der Waals surface area (Å²) in [6.07, 6.45) is 3.86. The van der Waals surface area contributed by atoms with Gasteiger partial charge in [0.15, 0.2) is 11.5 Å². The lowest BCUT2D eigenvalue weighted by molar-refractivity contribution is 0.354. The molecule has 8 heteroatoms. The summed E-state index contributed by atoms with van der Waals surface area (Å²) in [6.45, 7) is 2.01. The molecule has 0 spiro atoms. The van der Waals surface area contributed by atoms with Crippen LogP contribution < -0.4 is 14.2 Å². The molecule has 0 unspecified atom stereocenters. The molecule has 0 aliphatic heterocycles. The van der Waals surface area contributed by atoms with Crippen molar-refractivity contribution in [2.24, 2.45) is 0 Å². The van der Waals surface area contributed by atoms with Crippen LogP contribution in [0.15, 0.2) is 71.9 Å². The number of fused-ring (bicyclic) bond motifs is 1. The highest BCUT2D eigenvalue weighted by Crippen LogP contribution is 2.30. The van der Waals surface area contributed by atoms with Crippen molar-refractivity contribution in [3.63, 3.8) is 0 Å². The summed E-state index contributed by atoms with van der Waals surface area (Å²) >= 11 is 0. The van der Waals surface area contributed by atoms with Crippen molar-refractivity contribution in [3.05, 3.63) is 72.6 Å². The fourth-order valence-electron chi connectivity index (χ4n) is 3.16. The van der Waals surface area contributed by atoms with E-state index >= 15 is 0 Å². The Hall–Kier alpha value is -3.52. The van der Waals surface area contributed by atoms with E-state index in [1.54, 1.807) is 24.3 Å². The number of aryl methyl sites for hydroxylation is 1. The van der Waals surface area contributed by atoms with Crippen molar-refractivity contribution in [2.45, 2.75) is 11.8 Å². The summed E-state index contributed by atoms with van der Waals surface area (Å²) in [7, 11) is -0.855. The molecule has 30 heavy (non-hydrogen) atoms. The van der Waals surface area contributed by atoms with Crippen molar-refractivity contribution in [3.8, 4) is 22.8 Å². The van der Waals surface area contributed by atoms with E-state index in [0.717, 1.165) is 22.5 Å². The Balaban J connectivity index is 1.65. The van der Waals surface area contributed by atoms with Gasteiger partial charge < -0.3 is 13.9 Å². The van der Waals surface area contributed by atoms with Crippen LogP contribution in [0.5, 0.6) is 11.5 Å². The van der Waals surface area contributed by atoms with Crippen LogP contribution in [-0.2, 0) is 10.0 Å². The molecule has 4 rings (SSSR count). The van der Waals surface area contributed by atoms with Gasteiger partial charge in [0.05, 0.1) is 24.8 Å². The number of aromatic nitrogens is 2. The van der Waals surface area contributed by atoms with Crippen LogP contribution in [0.3, 0.4) is 0 Å².